The van der Waals surface area contributed by atoms with Gasteiger partial charge in [-0.15, -0.1) is 0 Å². The molecule has 1 saturated carbocycles. The summed E-state index contributed by atoms with van der Waals surface area (Å²) in [5, 5.41) is 9.13. The zero-order chi connectivity index (χ0) is 21.5. The Morgan fingerprint density at radius 2 is 1.48 bits per heavy atom. The smallest absolute Gasteiger partial charge is 0.0991 e. The number of hydrogen-bond donors (Lipinski definition) is 0. The van der Waals surface area contributed by atoms with Crippen molar-refractivity contribution in [2.24, 2.45) is 5.92 Å². The van der Waals surface area contributed by atoms with Crippen molar-refractivity contribution in [1.82, 2.24) is 0 Å². The Labute approximate surface area is 189 Å². The molecule has 0 radical (unpaired) electrons. The van der Waals surface area contributed by atoms with Crippen LogP contribution in [0.1, 0.15) is 117 Å². The molecular weight excluding hydrogens is 374 g/mol. The number of fused-ring (bicyclic) bond motifs is 1. The van der Waals surface area contributed by atoms with Gasteiger partial charge in [-0.1, -0.05) is 75.8 Å². The highest BCUT2D eigenvalue weighted by Gasteiger charge is 2.23. The standard InChI is InChI=1S/C30H39N/c1-2-3-4-5-6-7-23-8-11-25(12-9-23)26-14-16-27(17-15-26)29-19-18-28-20-24(22-31)10-13-30(28)21-29/h10,13-17,20,23,25,29H,2-9,11-12,18-19,21H2,1H3. The summed E-state index contributed by atoms with van der Waals surface area (Å²) in [5.41, 5.74) is 6.69. The number of aryl methyl sites for hydroxylation is 1. The monoisotopic (exact) mass is 413 g/mol. The molecule has 1 atom stereocenters. The van der Waals surface area contributed by atoms with Gasteiger partial charge in [-0.25, -0.2) is 0 Å². The molecule has 2 aliphatic rings. The van der Waals surface area contributed by atoms with Crippen molar-refractivity contribution in [3.05, 3.63) is 70.3 Å². The second-order valence-corrected chi connectivity index (χ2v) is 10.1. The first-order valence-electron chi connectivity index (χ1n) is 12.9. The van der Waals surface area contributed by atoms with Crippen LogP contribution in [-0.2, 0) is 12.8 Å². The van der Waals surface area contributed by atoms with Gasteiger partial charge < -0.3 is 0 Å². The van der Waals surface area contributed by atoms with Crippen LogP contribution in [0, 0.1) is 17.2 Å². The largest absolute Gasteiger partial charge is 0.192 e. The minimum Gasteiger partial charge on any atom is -0.192 e. The van der Waals surface area contributed by atoms with E-state index in [-0.39, 0.29) is 0 Å². The Bertz CT molecular complexity index is 864. The van der Waals surface area contributed by atoms with E-state index in [9.17, 15) is 0 Å². The van der Waals surface area contributed by atoms with Crippen molar-refractivity contribution < 1.29 is 0 Å². The van der Waals surface area contributed by atoms with Crippen molar-refractivity contribution in [1.29, 1.82) is 5.26 Å². The Balaban J connectivity index is 1.27. The molecule has 4 rings (SSSR count). The Morgan fingerprint density at radius 3 is 2.19 bits per heavy atom. The summed E-state index contributed by atoms with van der Waals surface area (Å²) in [4.78, 5) is 0. The lowest BCUT2D eigenvalue weighted by Crippen LogP contribution is -2.14. The fourth-order valence-corrected chi connectivity index (χ4v) is 5.97. The lowest BCUT2D eigenvalue weighted by molar-refractivity contribution is 0.302. The van der Waals surface area contributed by atoms with Gasteiger partial charge in [0.05, 0.1) is 11.6 Å². The number of unbranched alkanes of at least 4 members (excludes halogenated alkanes) is 4. The van der Waals surface area contributed by atoms with E-state index >= 15 is 0 Å². The Morgan fingerprint density at radius 1 is 0.774 bits per heavy atom. The highest BCUT2D eigenvalue weighted by molar-refractivity contribution is 5.41. The Hall–Kier alpha value is -2.07. The maximum atomic E-state index is 9.13. The molecule has 1 heteroatoms. The molecule has 2 aromatic rings. The van der Waals surface area contributed by atoms with E-state index in [0.717, 1.165) is 30.2 Å². The number of hydrogen-bond acceptors (Lipinski definition) is 1. The SMILES string of the molecule is CCCCCCCC1CCC(c2ccc(C3CCc4cc(C#N)ccc4C3)cc2)CC1. The topological polar surface area (TPSA) is 23.8 Å². The van der Waals surface area contributed by atoms with Crippen LogP contribution in [-0.4, -0.2) is 0 Å². The van der Waals surface area contributed by atoms with Crippen LogP contribution in [0.3, 0.4) is 0 Å². The van der Waals surface area contributed by atoms with Crippen molar-refractivity contribution in [2.45, 2.75) is 102 Å². The van der Waals surface area contributed by atoms with Gasteiger partial charge in [0.1, 0.15) is 0 Å². The van der Waals surface area contributed by atoms with E-state index in [4.69, 9.17) is 5.26 Å². The first kappa shape index (κ1) is 22.1. The molecule has 1 unspecified atom stereocenters. The first-order chi connectivity index (χ1) is 15.3. The van der Waals surface area contributed by atoms with E-state index in [2.05, 4.69) is 49.4 Å². The fraction of sp³-hybridized carbons (Fsp3) is 0.567. The van der Waals surface area contributed by atoms with Crippen molar-refractivity contribution in [2.75, 3.05) is 0 Å². The zero-order valence-electron chi connectivity index (χ0n) is 19.4. The fourth-order valence-electron chi connectivity index (χ4n) is 5.97. The van der Waals surface area contributed by atoms with Gasteiger partial charge in [0.2, 0.25) is 0 Å². The van der Waals surface area contributed by atoms with Crippen LogP contribution in [0.2, 0.25) is 0 Å². The quantitative estimate of drug-likeness (QED) is 0.398. The van der Waals surface area contributed by atoms with Crippen LogP contribution in [0.4, 0.5) is 0 Å². The van der Waals surface area contributed by atoms with Crippen molar-refractivity contribution in [3.8, 4) is 6.07 Å². The summed E-state index contributed by atoms with van der Waals surface area (Å²) >= 11 is 0. The van der Waals surface area contributed by atoms with E-state index in [1.165, 1.54) is 87.3 Å². The van der Waals surface area contributed by atoms with Crippen LogP contribution < -0.4 is 0 Å². The molecule has 0 aliphatic heterocycles. The van der Waals surface area contributed by atoms with E-state index in [0.29, 0.717) is 5.92 Å². The second-order valence-electron chi connectivity index (χ2n) is 10.1. The number of benzene rings is 2. The van der Waals surface area contributed by atoms with Gasteiger partial charge in [-0.2, -0.15) is 5.26 Å². The summed E-state index contributed by atoms with van der Waals surface area (Å²) in [6, 6.07) is 18.2. The predicted octanol–water partition coefficient (Wildman–Crippen LogP) is 8.47. The minimum atomic E-state index is 0.623. The van der Waals surface area contributed by atoms with E-state index < -0.39 is 0 Å². The number of rotatable bonds is 8. The predicted molar refractivity (Wildman–Crippen MR) is 130 cm³/mol. The Kier molecular flexibility index (Phi) is 7.85. The summed E-state index contributed by atoms with van der Waals surface area (Å²) < 4.78 is 0. The van der Waals surface area contributed by atoms with Crippen molar-refractivity contribution >= 4 is 0 Å². The molecular formula is C30H39N. The van der Waals surface area contributed by atoms with Gasteiger partial charge in [0.25, 0.3) is 0 Å². The highest BCUT2D eigenvalue weighted by Crippen LogP contribution is 2.39. The summed E-state index contributed by atoms with van der Waals surface area (Å²) in [6.07, 6.45) is 17.6. The van der Waals surface area contributed by atoms with Crippen LogP contribution in [0.15, 0.2) is 42.5 Å². The first-order valence-corrected chi connectivity index (χ1v) is 12.9. The third kappa shape index (κ3) is 5.79. The molecule has 31 heavy (non-hydrogen) atoms. The van der Waals surface area contributed by atoms with Crippen LogP contribution >= 0.6 is 0 Å². The second kappa shape index (κ2) is 11.0. The maximum absolute atomic E-state index is 9.13. The molecule has 0 N–H and O–H groups in total. The molecule has 0 spiro atoms. The highest BCUT2D eigenvalue weighted by atomic mass is 14.3. The van der Waals surface area contributed by atoms with Gasteiger partial charge >= 0.3 is 0 Å². The summed E-state index contributed by atoms with van der Waals surface area (Å²) in [5.74, 6) is 2.39. The van der Waals surface area contributed by atoms with Gasteiger partial charge in [-0.05, 0) is 97.1 Å². The molecule has 0 aromatic heterocycles. The molecule has 0 bridgehead atoms. The molecule has 0 amide bonds. The molecule has 2 aromatic carbocycles. The average molecular weight is 414 g/mol. The third-order valence-corrected chi connectivity index (χ3v) is 8.01. The summed E-state index contributed by atoms with van der Waals surface area (Å²) in [7, 11) is 0. The number of nitrogens with zero attached hydrogens (tertiary/aromatic N) is 1. The maximum Gasteiger partial charge on any atom is 0.0991 e. The van der Waals surface area contributed by atoms with Gasteiger partial charge in [0.15, 0.2) is 0 Å². The molecule has 1 fully saturated rings. The molecule has 2 aliphatic carbocycles. The minimum absolute atomic E-state index is 0.623. The van der Waals surface area contributed by atoms with E-state index in [1.807, 2.05) is 6.07 Å². The third-order valence-electron chi connectivity index (χ3n) is 8.01. The van der Waals surface area contributed by atoms with Gasteiger partial charge in [-0.3, -0.25) is 0 Å². The average Bonchev–Trinajstić information content (AvgIpc) is 2.84. The molecule has 164 valence electrons. The van der Waals surface area contributed by atoms with Gasteiger partial charge in [0, 0.05) is 0 Å². The molecule has 1 nitrogen and oxygen atoms in total. The van der Waals surface area contributed by atoms with Crippen LogP contribution in [0.5, 0.6) is 0 Å². The number of nitriles is 1. The molecule has 0 heterocycles. The normalized spacial score (nSPS) is 23.2. The lowest BCUT2D eigenvalue weighted by Gasteiger charge is -2.29. The lowest BCUT2D eigenvalue weighted by atomic mass is 9.76. The zero-order valence-corrected chi connectivity index (χ0v) is 19.4. The van der Waals surface area contributed by atoms with Crippen molar-refractivity contribution in [3.63, 3.8) is 0 Å². The van der Waals surface area contributed by atoms with E-state index in [1.54, 1.807) is 5.56 Å². The molecule has 0 saturated heterocycles. The summed E-state index contributed by atoms with van der Waals surface area (Å²) in [6.45, 7) is 2.30. The van der Waals surface area contributed by atoms with Crippen LogP contribution in [0.25, 0.3) is 0 Å².